The molecule has 0 unspecified atom stereocenters. The summed E-state index contributed by atoms with van der Waals surface area (Å²) in [7, 11) is 0. The summed E-state index contributed by atoms with van der Waals surface area (Å²) >= 11 is 0. The van der Waals surface area contributed by atoms with E-state index in [2.05, 4.69) is 6.58 Å². The van der Waals surface area contributed by atoms with Crippen molar-refractivity contribution in [2.75, 3.05) is 6.54 Å². The average molecular weight is 259 g/mol. The lowest BCUT2D eigenvalue weighted by molar-refractivity contribution is -0.132. The van der Waals surface area contributed by atoms with Crippen molar-refractivity contribution in [1.82, 2.24) is 4.90 Å². The van der Waals surface area contributed by atoms with Gasteiger partial charge in [-0.3, -0.25) is 4.79 Å². The topological polar surface area (TPSA) is 57.6 Å². The van der Waals surface area contributed by atoms with Gasteiger partial charge in [-0.15, -0.1) is 6.58 Å². The van der Waals surface area contributed by atoms with E-state index in [0.29, 0.717) is 13.1 Å². The highest BCUT2D eigenvalue weighted by Gasteiger charge is 2.10. The van der Waals surface area contributed by atoms with Crippen molar-refractivity contribution < 1.29 is 14.7 Å². The van der Waals surface area contributed by atoms with Crippen LogP contribution >= 0.6 is 0 Å². The lowest BCUT2D eigenvalue weighted by atomic mass is 10.1. The Labute approximate surface area is 112 Å². The molecule has 0 saturated carbocycles. The largest absolute Gasteiger partial charge is 0.478 e. The van der Waals surface area contributed by atoms with Crippen LogP contribution in [0.15, 0.2) is 49.1 Å². The average Bonchev–Trinajstić information content (AvgIpc) is 2.38. The number of carboxylic acid groups (broad SMARTS) is 1. The Kier molecular flexibility index (Phi) is 5.54. The second kappa shape index (κ2) is 7.16. The fourth-order valence-electron chi connectivity index (χ4n) is 1.55. The zero-order valence-electron chi connectivity index (χ0n) is 10.9. The number of aryl methyl sites for hydroxylation is 1. The normalized spacial score (nSPS) is 10.4. The Hall–Kier alpha value is -2.36. The minimum absolute atomic E-state index is 0.345. The number of aliphatic carboxylic acids is 1. The Morgan fingerprint density at radius 3 is 2.42 bits per heavy atom. The second-order valence-electron chi connectivity index (χ2n) is 4.16. The number of carboxylic acids is 1. The molecular formula is C15H17NO3. The minimum atomic E-state index is -1.14. The minimum Gasteiger partial charge on any atom is -0.478 e. The van der Waals surface area contributed by atoms with Crippen LogP contribution in [0.3, 0.4) is 0 Å². The molecule has 0 spiro atoms. The van der Waals surface area contributed by atoms with E-state index < -0.39 is 5.97 Å². The van der Waals surface area contributed by atoms with E-state index >= 15 is 0 Å². The quantitative estimate of drug-likeness (QED) is 0.629. The SMILES string of the molecule is C=CCN(Cc1ccc(C)cc1)C(=O)/C=C/C(=O)O. The van der Waals surface area contributed by atoms with Crippen molar-refractivity contribution in [2.45, 2.75) is 13.5 Å². The van der Waals surface area contributed by atoms with Gasteiger partial charge in [-0.1, -0.05) is 35.9 Å². The van der Waals surface area contributed by atoms with Gasteiger partial charge >= 0.3 is 5.97 Å². The zero-order valence-corrected chi connectivity index (χ0v) is 10.9. The number of hydrogen-bond acceptors (Lipinski definition) is 2. The smallest absolute Gasteiger partial charge is 0.328 e. The van der Waals surface area contributed by atoms with Crippen molar-refractivity contribution in [3.8, 4) is 0 Å². The number of hydrogen-bond donors (Lipinski definition) is 1. The van der Waals surface area contributed by atoms with Crippen LogP contribution in [0.2, 0.25) is 0 Å². The van der Waals surface area contributed by atoms with Crippen LogP contribution in [0.25, 0.3) is 0 Å². The first kappa shape index (κ1) is 14.7. The van der Waals surface area contributed by atoms with E-state index in [1.54, 1.807) is 6.08 Å². The first-order valence-electron chi connectivity index (χ1n) is 5.89. The van der Waals surface area contributed by atoms with Gasteiger partial charge in [0.15, 0.2) is 0 Å². The maximum Gasteiger partial charge on any atom is 0.328 e. The first-order valence-corrected chi connectivity index (χ1v) is 5.89. The summed E-state index contributed by atoms with van der Waals surface area (Å²) in [4.78, 5) is 23.8. The van der Waals surface area contributed by atoms with Crippen molar-refractivity contribution in [1.29, 1.82) is 0 Å². The maximum atomic E-state index is 11.8. The van der Waals surface area contributed by atoms with Crippen molar-refractivity contribution in [3.63, 3.8) is 0 Å². The predicted molar refractivity (Wildman–Crippen MR) is 73.6 cm³/mol. The van der Waals surface area contributed by atoms with Crippen LogP contribution < -0.4 is 0 Å². The summed E-state index contributed by atoms with van der Waals surface area (Å²) in [5.74, 6) is -1.48. The van der Waals surface area contributed by atoms with E-state index in [1.165, 1.54) is 4.90 Å². The number of carbonyl (C=O) groups is 2. The van der Waals surface area contributed by atoms with Gasteiger partial charge in [-0.05, 0) is 12.5 Å². The first-order chi connectivity index (χ1) is 9.02. The molecule has 4 heteroatoms. The summed E-state index contributed by atoms with van der Waals surface area (Å²) in [5, 5.41) is 8.52. The fourth-order valence-corrected chi connectivity index (χ4v) is 1.55. The molecule has 0 atom stereocenters. The fraction of sp³-hybridized carbons (Fsp3) is 0.200. The van der Waals surface area contributed by atoms with Gasteiger partial charge in [0, 0.05) is 25.2 Å². The lowest BCUT2D eigenvalue weighted by Crippen LogP contribution is -2.29. The van der Waals surface area contributed by atoms with Gasteiger partial charge in [-0.25, -0.2) is 4.79 Å². The molecule has 0 aliphatic carbocycles. The Balaban J connectivity index is 2.77. The molecule has 0 bridgehead atoms. The summed E-state index contributed by atoms with van der Waals surface area (Å²) < 4.78 is 0. The lowest BCUT2D eigenvalue weighted by Gasteiger charge is -2.19. The Bertz CT molecular complexity index is 489. The molecule has 0 heterocycles. The molecule has 1 N–H and O–H groups in total. The molecule has 100 valence electrons. The third kappa shape index (κ3) is 5.21. The van der Waals surface area contributed by atoms with Crippen LogP contribution in [0, 0.1) is 6.92 Å². The highest BCUT2D eigenvalue weighted by atomic mass is 16.4. The number of amides is 1. The molecule has 1 aromatic rings. The molecule has 0 aromatic heterocycles. The second-order valence-corrected chi connectivity index (χ2v) is 4.16. The number of nitrogens with zero attached hydrogens (tertiary/aromatic N) is 1. The van der Waals surface area contributed by atoms with E-state index in [9.17, 15) is 9.59 Å². The third-order valence-corrected chi connectivity index (χ3v) is 2.52. The highest BCUT2D eigenvalue weighted by molar-refractivity contribution is 5.93. The summed E-state index contributed by atoms with van der Waals surface area (Å²) in [6, 6.07) is 7.83. The standard InChI is InChI=1S/C15H17NO3/c1-3-10-16(14(17)8-9-15(18)19)11-13-6-4-12(2)5-7-13/h3-9H,1,10-11H2,2H3,(H,18,19)/b9-8+. The molecule has 0 fully saturated rings. The van der Waals surface area contributed by atoms with Gasteiger partial charge in [-0.2, -0.15) is 0 Å². The molecule has 4 nitrogen and oxygen atoms in total. The Morgan fingerprint density at radius 1 is 1.26 bits per heavy atom. The van der Waals surface area contributed by atoms with Gasteiger partial charge in [0.05, 0.1) is 0 Å². The summed E-state index contributed by atoms with van der Waals surface area (Å²) in [6.45, 7) is 6.39. The van der Waals surface area contributed by atoms with Gasteiger partial charge < -0.3 is 10.0 Å². The number of carbonyl (C=O) groups excluding carboxylic acids is 1. The van der Waals surface area contributed by atoms with Crippen LogP contribution in [-0.2, 0) is 16.1 Å². The van der Waals surface area contributed by atoms with Crippen LogP contribution in [0.1, 0.15) is 11.1 Å². The van der Waals surface area contributed by atoms with Crippen LogP contribution in [-0.4, -0.2) is 28.4 Å². The van der Waals surface area contributed by atoms with Crippen molar-refractivity contribution in [3.05, 3.63) is 60.2 Å². The van der Waals surface area contributed by atoms with Crippen molar-refractivity contribution in [2.24, 2.45) is 0 Å². The van der Waals surface area contributed by atoms with Crippen LogP contribution in [0.4, 0.5) is 0 Å². The molecule has 1 rings (SSSR count). The van der Waals surface area contributed by atoms with Gasteiger partial charge in [0.25, 0.3) is 0 Å². The number of benzene rings is 1. The molecule has 0 aliphatic rings. The molecule has 0 radical (unpaired) electrons. The molecule has 19 heavy (non-hydrogen) atoms. The zero-order chi connectivity index (χ0) is 14.3. The monoisotopic (exact) mass is 259 g/mol. The molecule has 0 saturated heterocycles. The predicted octanol–water partition coefficient (Wildman–Crippen LogP) is 2.15. The Morgan fingerprint density at radius 2 is 1.89 bits per heavy atom. The third-order valence-electron chi connectivity index (χ3n) is 2.52. The van der Waals surface area contributed by atoms with Gasteiger partial charge in [0.2, 0.25) is 5.91 Å². The molecular weight excluding hydrogens is 242 g/mol. The summed E-state index contributed by atoms with van der Waals surface area (Å²) in [5.41, 5.74) is 2.14. The molecule has 1 aromatic carbocycles. The van der Waals surface area contributed by atoms with E-state index in [1.807, 2.05) is 31.2 Å². The maximum absolute atomic E-state index is 11.8. The number of rotatable bonds is 6. The van der Waals surface area contributed by atoms with Gasteiger partial charge in [0.1, 0.15) is 0 Å². The molecule has 0 aliphatic heterocycles. The highest BCUT2D eigenvalue weighted by Crippen LogP contribution is 2.07. The van der Waals surface area contributed by atoms with E-state index in [0.717, 1.165) is 23.3 Å². The van der Waals surface area contributed by atoms with Crippen molar-refractivity contribution >= 4 is 11.9 Å². The van der Waals surface area contributed by atoms with E-state index in [4.69, 9.17) is 5.11 Å². The van der Waals surface area contributed by atoms with Crippen LogP contribution in [0.5, 0.6) is 0 Å². The summed E-state index contributed by atoms with van der Waals surface area (Å²) in [6.07, 6.45) is 3.51. The van der Waals surface area contributed by atoms with E-state index in [-0.39, 0.29) is 5.91 Å². The molecule has 1 amide bonds.